The molecule has 0 aliphatic rings. The Morgan fingerprint density at radius 3 is 2.30 bits per heavy atom. The third-order valence-corrected chi connectivity index (χ3v) is 5.73. The molecule has 2 N–H and O–H groups in total. The molecule has 0 unspecified atom stereocenters. The summed E-state index contributed by atoms with van der Waals surface area (Å²) in [5.41, 5.74) is 3.82. The quantitative estimate of drug-likeness (QED) is 0.376. The Hall–Kier alpha value is -3.17. The number of hydrogen-bond acceptors (Lipinski definition) is 7. The van der Waals surface area contributed by atoms with Crippen LogP contribution in [0.15, 0.2) is 53.0 Å². The van der Waals surface area contributed by atoms with E-state index in [0.717, 1.165) is 21.2 Å². The van der Waals surface area contributed by atoms with Gasteiger partial charge in [0.15, 0.2) is 0 Å². The predicted octanol–water partition coefficient (Wildman–Crippen LogP) is 3.73. The Morgan fingerprint density at radius 2 is 1.67 bits per heavy atom. The fourth-order valence-electron chi connectivity index (χ4n) is 3.19. The molecule has 0 saturated heterocycles. The number of rotatable bonds is 11. The lowest BCUT2D eigenvalue weighted by atomic mass is 10.0. The molecule has 0 spiro atoms. The summed E-state index contributed by atoms with van der Waals surface area (Å²) in [4.78, 5) is 19.8. The number of carbonyl (C=O) groups excluding carboxylic acids is 1. The third-order valence-electron chi connectivity index (χ3n) is 4.80. The second kappa shape index (κ2) is 12.2. The molecule has 0 fully saturated rings. The highest BCUT2D eigenvalue weighted by atomic mass is 79.9. The number of nitrogens with zero attached hydrogens (tertiary/aromatic N) is 2. The number of carbonyl (C=O) groups is 1. The molecule has 1 aromatic heterocycles. The molecule has 3 rings (SSSR count). The minimum absolute atomic E-state index is 0.0715. The molecule has 1 heterocycles. The predicted molar refractivity (Wildman–Crippen MR) is 129 cm³/mol. The Morgan fingerprint density at radius 1 is 0.970 bits per heavy atom. The lowest BCUT2D eigenvalue weighted by molar-refractivity contribution is -0.118. The number of hydrogen-bond donors (Lipinski definition) is 2. The Bertz CT molecular complexity index is 1050. The third kappa shape index (κ3) is 6.66. The molecule has 0 bridgehead atoms. The molecule has 8 nitrogen and oxygen atoms in total. The number of amides is 1. The van der Waals surface area contributed by atoms with Crippen molar-refractivity contribution >= 4 is 21.8 Å². The topological polar surface area (TPSA) is 94.6 Å². The van der Waals surface area contributed by atoms with Crippen LogP contribution in [0.2, 0.25) is 0 Å². The average Bonchev–Trinajstić information content (AvgIpc) is 2.83. The van der Waals surface area contributed by atoms with Crippen LogP contribution in [-0.4, -0.2) is 43.2 Å². The molecule has 3 aromatic rings. The van der Waals surface area contributed by atoms with Gasteiger partial charge >= 0.3 is 6.01 Å². The van der Waals surface area contributed by atoms with Crippen molar-refractivity contribution in [3.8, 4) is 28.9 Å². The van der Waals surface area contributed by atoms with E-state index in [1.165, 1.54) is 21.1 Å². The van der Waals surface area contributed by atoms with Gasteiger partial charge in [-0.15, -0.1) is 0 Å². The van der Waals surface area contributed by atoms with Crippen LogP contribution in [-0.2, 0) is 17.9 Å². The van der Waals surface area contributed by atoms with Gasteiger partial charge in [-0.1, -0.05) is 48.5 Å². The summed E-state index contributed by atoms with van der Waals surface area (Å²) in [5, 5.41) is 5.94. The summed E-state index contributed by atoms with van der Waals surface area (Å²) in [5.74, 6) is 0.652. The zero-order valence-electron chi connectivity index (χ0n) is 18.9. The summed E-state index contributed by atoms with van der Waals surface area (Å²) in [6, 6.07) is 16.3. The van der Waals surface area contributed by atoms with Gasteiger partial charge in [-0.25, -0.2) is 0 Å². The first kappa shape index (κ1) is 24.5. The smallest absolute Gasteiger partial charge is 0.323 e. The lowest BCUT2D eigenvalue weighted by Crippen LogP contribution is -2.30. The van der Waals surface area contributed by atoms with Gasteiger partial charge in [0.2, 0.25) is 17.7 Å². The van der Waals surface area contributed by atoms with Gasteiger partial charge in [0, 0.05) is 36.6 Å². The summed E-state index contributed by atoms with van der Waals surface area (Å²) in [6.45, 7) is 3.25. The van der Waals surface area contributed by atoms with Crippen LogP contribution in [0, 0.1) is 0 Å². The number of ether oxygens (including phenoxy) is 3. The van der Waals surface area contributed by atoms with Crippen molar-refractivity contribution in [2.75, 3.05) is 27.3 Å². The highest BCUT2D eigenvalue weighted by Gasteiger charge is 2.17. The fraction of sp³-hybridized carbons (Fsp3) is 0.292. The summed E-state index contributed by atoms with van der Waals surface area (Å²) in [7, 11) is 3.07. The van der Waals surface area contributed by atoms with Crippen molar-refractivity contribution in [2.45, 2.75) is 20.1 Å². The molecule has 2 aromatic carbocycles. The maximum absolute atomic E-state index is 11.0. The summed E-state index contributed by atoms with van der Waals surface area (Å²) in [6.07, 6.45) is 0. The van der Waals surface area contributed by atoms with E-state index in [-0.39, 0.29) is 18.5 Å². The molecule has 1 amide bonds. The first-order chi connectivity index (χ1) is 16.0. The number of nitrogens with one attached hydrogen (secondary N) is 2. The summed E-state index contributed by atoms with van der Waals surface area (Å²) >= 11 is 3.70. The van der Waals surface area contributed by atoms with Crippen LogP contribution in [0.1, 0.15) is 18.1 Å². The van der Waals surface area contributed by atoms with E-state index in [1.807, 2.05) is 30.3 Å². The van der Waals surface area contributed by atoms with Crippen molar-refractivity contribution in [3.05, 3.63) is 64.1 Å². The average molecular weight is 515 g/mol. The highest BCUT2D eigenvalue weighted by molar-refractivity contribution is 9.10. The summed E-state index contributed by atoms with van der Waals surface area (Å²) < 4.78 is 17.7. The molecular formula is C24H27BrN4O4. The van der Waals surface area contributed by atoms with Gasteiger partial charge in [-0.05, 0) is 27.1 Å². The van der Waals surface area contributed by atoms with Gasteiger partial charge in [-0.2, -0.15) is 9.97 Å². The molecule has 0 aliphatic carbocycles. The molecule has 33 heavy (non-hydrogen) atoms. The fourth-order valence-corrected chi connectivity index (χ4v) is 3.80. The molecule has 0 atom stereocenters. The van der Waals surface area contributed by atoms with Crippen LogP contribution in [0.4, 0.5) is 0 Å². The zero-order valence-corrected chi connectivity index (χ0v) is 20.4. The van der Waals surface area contributed by atoms with E-state index in [9.17, 15) is 4.79 Å². The highest BCUT2D eigenvalue weighted by Crippen LogP contribution is 2.32. The number of halogens is 1. The van der Waals surface area contributed by atoms with Crippen molar-refractivity contribution in [1.82, 2.24) is 20.6 Å². The minimum atomic E-state index is -0.0715. The standard InChI is InChI=1S/C24H27BrN4O4/c1-16(30)27-13-12-26-14-20-22(31-2)28-24(29-23(20)32-3)33-15-18-10-7-11-19(21(18)25)17-8-5-4-6-9-17/h4-11,26H,12-15H2,1-3H3,(H,27,30). The maximum Gasteiger partial charge on any atom is 0.323 e. The van der Waals surface area contributed by atoms with E-state index in [4.69, 9.17) is 14.2 Å². The first-order valence-corrected chi connectivity index (χ1v) is 11.2. The van der Waals surface area contributed by atoms with Gasteiger partial charge in [-0.3, -0.25) is 4.79 Å². The van der Waals surface area contributed by atoms with E-state index in [1.54, 1.807) is 0 Å². The Balaban J connectivity index is 1.72. The van der Waals surface area contributed by atoms with E-state index >= 15 is 0 Å². The number of methoxy groups -OCH3 is 2. The molecular weight excluding hydrogens is 488 g/mol. The Labute approximate surface area is 201 Å². The second-order valence-electron chi connectivity index (χ2n) is 7.10. The SMILES string of the molecule is COc1nc(OCc2cccc(-c3ccccc3)c2Br)nc(OC)c1CNCCNC(C)=O. The van der Waals surface area contributed by atoms with Gasteiger partial charge in [0.1, 0.15) is 6.61 Å². The minimum Gasteiger partial charge on any atom is -0.481 e. The van der Waals surface area contributed by atoms with E-state index in [0.29, 0.717) is 37.0 Å². The van der Waals surface area contributed by atoms with Crippen LogP contribution in [0.3, 0.4) is 0 Å². The van der Waals surface area contributed by atoms with Crippen LogP contribution in [0.5, 0.6) is 17.8 Å². The lowest BCUT2D eigenvalue weighted by Gasteiger charge is -2.15. The molecule has 9 heteroatoms. The molecule has 0 aliphatic heterocycles. The van der Waals surface area contributed by atoms with Crippen molar-refractivity contribution in [2.24, 2.45) is 0 Å². The Kier molecular flexibility index (Phi) is 9.03. The number of aromatic nitrogens is 2. The van der Waals surface area contributed by atoms with Crippen molar-refractivity contribution in [1.29, 1.82) is 0 Å². The zero-order chi connectivity index (χ0) is 23.6. The van der Waals surface area contributed by atoms with Gasteiger partial charge in [0.25, 0.3) is 0 Å². The van der Waals surface area contributed by atoms with E-state index < -0.39 is 0 Å². The van der Waals surface area contributed by atoms with Crippen LogP contribution >= 0.6 is 15.9 Å². The molecule has 174 valence electrons. The van der Waals surface area contributed by atoms with Gasteiger partial charge in [0.05, 0.1) is 19.8 Å². The molecule has 0 saturated carbocycles. The number of benzene rings is 2. The van der Waals surface area contributed by atoms with Crippen LogP contribution < -0.4 is 24.8 Å². The first-order valence-electron chi connectivity index (χ1n) is 10.4. The largest absolute Gasteiger partial charge is 0.481 e. The van der Waals surface area contributed by atoms with Gasteiger partial charge < -0.3 is 24.8 Å². The van der Waals surface area contributed by atoms with Crippen molar-refractivity contribution in [3.63, 3.8) is 0 Å². The van der Waals surface area contributed by atoms with E-state index in [2.05, 4.69) is 54.7 Å². The maximum atomic E-state index is 11.0. The van der Waals surface area contributed by atoms with Crippen LogP contribution in [0.25, 0.3) is 11.1 Å². The second-order valence-corrected chi connectivity index (χ2v) is 7.89. The molecule has 0 radical (unpaired) electrons. The normalized spacial score (nSPS) is 10.5. The van der Waals surface area contributed by atoms with Crippen molar-refractivity contribution < 1.29 is 19.0 Å². The monoisotopic (exact) mass is 514 g/mol.